The number of aryl methyl sites for hydroxylation is 1. The van der Waals surface area contributed by atoms with Crippen molar-refractivity contribution in [1.29, 1.82) is 0 Å². The van der Waals surface area contributed by atoms with Crippen molar-refractivity contribution in [3.8, 4) is 0 Å². The van der Waals surface area contributed by atoms with Gasteiger partial charge in [0, 0.05) is 16.8 Å². The van der Waals surface area contributed by atoms with Crippen LogP contribution in [0.25, 0.3) is 0 Å². The second kappa shape index (κ2) is 6.29. The molecule has 1 amide bonds. The van der Waals surface area contributed by atoms with Crippen molar-refractivity contribution in [2.24, 2.45) is 0 Å². The topological polar surface area (TPSA) is 41.1 Å². The average Bonchev–Trinajstić information content (AvgIpc) is 2.85. The van der Waals surface area contributed by atoms with Gasteiger partial charge in [0.15, 0.2) is 0 Å². The van der Waals surface area contributed by atoms with E-state index in [2.05, 4.69) is 10.6 Å². The fourth-order valence-corrected chi connectivity index (χ4v) is 2.71. The van der Waals surface area contributed by atoms with Crippen LogP contribution in [0, 0.1) is 6.92 Å². The van der Waals surface area contributed by atoms with E-state index < -0.39 is 0 Å². The Morgan fingerprint density at radius 1 is 1.37 bits per heavy atom. The Morgan fingerprint density at radius 2 is 2.05 bits per heavy atom. The number of benzene rings is 1. The van der Waals surface area contributed by atoms with Gasteiger partial charge in [0.25, 0.3) is 0 Å². The van der Waals surface area contributed by atoms with Crippen molar-refractivity contribution in [3.63, 3.8) is 0 Å². The third kappa shape index (κ3) is 3.87. The van der Waals surface area contributed by atoms with Gasteiger partial charge in [-0.2, -0.15) is 0 Å². The lowest BCUT2D eigenvalue weighted by Crippen LogP contribution is -2.42. The molecule has 1 aromatic rings. The SMILES string of the molecule is Cc1cc(Cl)ccc1N[C@@H](C)C(=O)NC1CCCC1. The van der Waals surface area contributed by atoms with Crippen molar-refractivity contribution in [1.82, 2.24) is 5.32 Å². The van der Waals surface area contributed by atoms with Crippen LogP contribution in [0.3, 0.4) is 0 Å². The minimum absolute atomic E-state index is 0.0706. The van der Waals surface area contributed by atoms with E-state index in [0.717, 1.165) is 24.1 Å². The lowest BCUT2D eigenvalue weighted by molar-refractivity contribution is -0.122. The summed E-state index contributed by atoms with van der Waals surface area (Å²) in [6, 6.07) is 5.77. The van der Waals surface area contributed by atoms with Crippen LogP contribution in [-0.2, 0) is 4.79 Å². The number of anilines is 1. The zero-order valence-electron chi connectivity index (χ0n) is 11.5. The summed E-state index contributed by atoms with van der Waals surface area (Å²) < 4.78 is 0. The number of amides is 1. The van der Waals surface area contributed by atoms with E-state index in [1.54, 1.807) is 0 Å². The van der Waals surface area contributed by atoms with E-state index in [9.17, 15) is 4.79 Å². The molecule has 0 heterocycles. The van der Waals surface area contributed by atoms with Crippen molar-refractivity contribution in [3.05, 3.63) is 28.8 Å². The molecule has 3 nitrogen and oxygen atoms in total. The fourth-order valence-electron chi connectivity index (χ4n) is 2.48. The second-order valence-electron chi connectivity index (χ2n) is 5.32. The molecule has 104 valence electrons. The maximum atomic E-state index is 12.1. The van der Waals surface area contributed by atoms with E-state index in [4.69, 9.17) is 11.6 Å². The van der Waals surface area contributed by atoms with Gasteiger partial charge in [-0.05, 0) is 50.5 Å². The normalized spacial score (nSPS) is 17.2. The van der Waals surface area contributed by atoms with Gasteiger partial charge in [0.1, 0.15) is 6.04 Å². The van der Waals surface area contributed by atoms with Crippen LogP contribution < -0.4 is 10.6 Å². The summed E-state index contributed by atoms with van der Waals surface area (Å²) in [6.07, 6.45) is 4.67. The van der Waals surface area contributed by atoms with E-state index in [-0.39, 0.29) is 11.9 Å². The van der Waals surface area contributed by atoms with Gasteiger partial charge in [-0.3, -0.25) is 4.79 Å². The Kier molecular flexibility index (Phi) is 4.70. The van der Waals surface area contributed by atoms with Gasteiger partial charge in [-0.1, -0.05) is 24.4 Å². The zero-order chi connectivity index (χ0) is 13.8. The van der Waals surface area contributed by atoms with Gasteiger partial charge >= 0.3 is 0 Å². The van der Waals surface area contributed by atoms with E-state index in [1.165, 1.54) is 12.8 Å². The molecule has 2 N–H and O–H groups in total. The van der Waals surface area contributed by atoms with E-state index in [0.29, 0.717) is 11.1 Å². The first-order chi connectivity index (χ1) is 9.06. The molecule has 0 aromatic heterocycles. The number of carbonyl (C=O) groups excluding carboxylic acids is 1. The highest BCUT2D eigenvalue weighted by Crippen LogP contribution is 2.21. The quantitative estimate of drug-likeness (QED) is 0.886. The molecule has 0 saturated heterocycles. The average molecular weight is 281 g/mol. The Balaban J connectivity index is 1.92. The fraction of sp³-hybridized carbons (Fsp3) is 0.533. The number of hydrogen-bond donors (Lipinski definition) is 2. The number of halogens is 1. The summed E-state index contributed by atoms with van der Waals surface area (Å²) in [7, 11) is 0. The molecule has 0 aliphatic heterocycles. The largest absolute Gasteiger partial charge is 0.374 e. The minimum atomic E-state index is -0.236. The van der Waals surface area contributed by atoms with Gasteiger partial charge in [-0.25, -0.2) is 0 Å². The van der Waals surface area contributed by atoms with E-state index in [1.807, 2.05) is 32.0 Å². The van der Waals surface area contributed by atoms with Gasteiger partial charge < -0.3 is 10.6 Å². The summed E-state index contributed by atoms with van der Waals surface area (Å²) in [6.45, 7) is 3.87. The molecule has 19 heavy (non-hydrogen) atoms. The standard InChI is InChI=1S/C15H21ClN2O/c1-10-9-12(16)7-8-14(10)17-11(2)15(19)18-13-5-3-4-6-13/h7-9,11,13,17H,3-6H2,1-2H3,(H,18,19)/t11-/m0/s1. The first-order valence-electron chi connectivity index (χ1n) is 6.89. The number of rotatable bonds is 4. The highest BCUT2D eigenvalue weighted by Gasteiger charge is 2.20. The highest BCUT2D eigenvalue weighted by atomic mass is 35.5. The predicted molar refractivity (Wildman–Crippen MR) is 79.7 cm³/mol. The number of hydrogen-bond acceptors (Lipinski definition) is 2. The third-order valence-electron chi connectivity index (χ3n) is 3.66. The van der Waals surface area contributed by atoms with Gasteiger partial charge in [0.2, 0.25) is 5.91 Å². The van der Waals surface area contributed by atoms with Crippen molar-refractivity contribution in [2.45, 2.75) is 51.6 Å². The molecule has 1 fully saturated rings. The molecule has 1 aliphatic rings. The monoisotopic (exact) mass is 280 g/mol. The zero-order valence-corrected chi connectivity index (χ0v) is 12.3. The Hall–Kier alpha value is -1.22. The molecule has 2 rings (SSSR count). The van der Waals surface area contributed by atoms with Crippen molar-refractivity contribution >= 4 is 23.2 Å². The van der Waals surface area contributed by atoms with Crippen LogP contribution in [0.1, 0.15) is 38.2 Å². The molecule has 0 spiro atoms. The first-order valence-corrected chi connectivity index (χ1v) is 7.27. The second-order valence-corrected chi connectivity index (χ2v) is 5.75. The molecular weight excluding hydrogens is 260 g/mol. The third-order valence-corrected chi connectivity index (χ3v) is 3.89. The van der Waals surface area contributed by atoms with E-state index >= 15 is 0 Å². The molecule has 1 aliphatic carbocycles. The van der Waals surface area contributed by atoms with Crippen LogP contribution >= 0.6 is 11.6 Å². The lowest BCUT2D eigenvalue weighted by atomic mass is 10.1. The minimum Gasteiger partial charge on any atom is -0.374 e. The Bertz CT molecular complexity index is 455. The summed E-state index contributed by atoms with van der Waals surface area (Å²) in [5, 5.41) is 7.06. The molecule has 0 unspecified atom stereocenters. The van der Waals surface area contributed by atoms with Crippen LogP contribution in [-0.4, -0.2) is 18.0 Å². The highest BCUT2D eigenvalue weighted by molar-refractivity contribution is 6.30. The molecular formula is C15H21ClN2O. The Morgan fingerprint density at radius 3 is 2.68 bits per heavy atom. The molecule has 0 radical (unpaired) electrons. The predicted octanol–water partition coefficient (Wildman–Crippen LogP) is 3.51. The van der Waals surface area contributed by atoms with Crippen LogP contribution in [0.5, 0.6) is 0 Å². The smallest absolute Gasteiger partial charge is 0.242 e. The van der Waals surface area contributed by atoms with Crippen LogP contribution in [0.4, 0.5) is 5.69 Å². The van der Waals surface area contributed by atoms with Crippen LogP contribution in [0.2, 0.25) is 5.02 Å². The maximum absolute atomic E-state index is 12.1. The van der Waals surface area contributed by atoms with Crippen molar-refractivity contribution in [2.75, 3.05) is 5.32 Å². The molecule has 0 bridgehead atoms. The molecule has 1 saturated carbocycles. The van der Waals surface area contributed by atoms with Gasteiger partial charge in [0.05, 0.1) is 0 Å². The maximum Gasteiger partial charge on any atom is 0.242 e. The molecule has 4 heteroatoms. The van der Waals surface area contributed by atoms with Crippen molar-refractivity contribution < 1.29 is 4.79 Å². The molecule has 1 aromatic carbocycles. The summed E-state index contributed by atoms with van der Waals surface area (Å²) in [5.74, 6) is 0.0706. The number of carbonyl (C=O) groups is 1. The summed E-state index contributed by atoms with van der Waals surface area (Å²) >= 11 is 5.92. The molecule has 1 atom stereocenters. The summed E-state index contributed by atoms with van der Waals surface area (Å²) in [5.41, 5.74) is 2.01. The first kappa shape index (κ1) is 14.2. The Labute approximate surface area is 119 Å². The van der Waals surface area contributed by atoms with Gasteiger partial charge in [-0.15, -0.1) is 0 Å². The summed E-state index contributed by atoms with van der Waals surface area (Å²) in [4.78, 5) is 12.1. The lowest BCUT2D eigenvalue weighted by Gasteiger charge is -2.19. The van der Waals surface area contributed by atoms with Crippen LogP contribution in [0.15, 0.2) is 18.2 Å². The number of nitrogens with one attached hydrogen (secondary N) is 2.